The Hall–Kier alpha value is -2.77. The molecule has 0 aromatic heterocycles. The molecule has 29 heavy (non-hydrogen) atoms. The third kappa shape index (κ3) is 7.63. The van der Waals surface area contributed by atoms with Crippen molar-refractivity contribution in [3.63, 3.8) is 0 Å². The van der Waals surface area contributed by atoms with Gasteiger partial charge in [-0.3, -0.25) is 25.2 Å². The van der Waals surface area contributed by atoms with Gasteiger partial charge in [0, 0.05) is 23.6 Å². The lowest BCUT2D eigenvalue weighted by molar-refractivity contribution is -0.130. The van der Waals surface area contributed by atoms with E-state index in [0.717, 1.165) is 11.1 Å². The van der Waals surface area contributed by atoms with Gasteiger partial charge in [0.1, 0.15) is 5.75 Å². The van der Waals surface area contributed by atoms with Crippen LogP contribution in [0.3, 0.4) is 0 Å². The molecular weight excluding hydrogens is 417 g/mol. The Bertz CT molecular complexity index is 919. The second kappa shape index (κ2) is 10.7. The van der Waals surface area contributed by atoms with Gasteiger partial charge in [-0.1, -0.05) is 35.3 Å². The number of carbonyl (C=O) groups is 3. The van der Waals surface area contributed by atoms with Gasteiger partial charge in [-0.25, -0.2) is 0 Å². The Balaban J connectivity index is 1.69. The topological polar surface area (TPSA) is 96.5 Å². The highest BCUT2D eigenvalue weighted by atomic mass is 35.5. The standard InChI is InChI=1S/C20H21Cl2N3O4/c1-12-3-4-13(2)16(9-12)23-18(26)7-8-19(27)24-25-20(28)11-29-17-6-5-14(21)10-15(17)22/h3-6,9-10H,7-8,11H2,1-2H3,(H,23,26)(H,24,27)(H,25,28). The van der Waals surface area contributed by atoms with E-state index >= 15 is 0 Å². The lowest BCUT2D eigenvalue weighted by Crippen LogP contribution is -2.44. The molecule has 0 bridgehead atoms. The van der Waals surface area contributed by atoms with Gasteiger partial charge in [-0.05, 0) is 49.2 Å². The van der Waals surface area contributed by atoms with Crippen LogP contribution in [-0.4, -0.2) is 24.3 Å². The summed E-state index contributed by atoms with van der Waals surface area (Å²) in [6.07, 6.45) is -0.104. The molecule has 0 heterocycles. The first-order valence-corrected chi connectivity index (χ1v) is 9.53. The van der Waals surface area contributed by atoms with Crippen molar-refractivity contribution >= 4 is 46.6 Å². The molecule has 7 nitrogen and oxygen atoms in total. The number of hydrogen-bond acceptors (Lipinski definition) is 4. The van der Waals surface area contributed by atoms with Gasteiger partial charge in [0.2, 0.25) is 11.8 Å². The summed E-state index contributed by atoms with van der Waals surface area (Å²) in [6, 6.07) is 10.3. The van der Waals surface area contributed by atoms with Crippen molar-refractivity contribution < 1.29 is 19.1 Å². The summed E-state index contributed by atoms with van der Waals surface area (Å²) in [6.45, 7) is 3.46. The van der Waals surface area contributed by atoms with E-state index in [4.69, 9.17) is 27.9 Å². The molecule has 2 aromatic rings. The zero-order valence-electron chi connectivity index (χ0n) is 16.0. The number of hydrogen-bond donors (Lipinski definition) is 3. The number of anilines is 1. The molecule has 0 saturated heterocycles. The monoisotopic (exact) mass is 437 g/mol. The molecule has 154 valence electrons. The molecule has 3 amide bonds. The molecule has 0 aliphatic heterocycles. The number of benzene rings is 2. The van der Waals surface area contributed by atoms with E-state index in [1.54, 1.807) is 6.07 Å². The maximum atomic E-state index is 12.0. The van der Waals surface area contributed by atoms with Crippen LogP contribution in [0.15, 0.2) is 36.4 Å². The van der Waals surface area contributed by atoms with Crippen LogP contribution in [0, 0.1) is 13.8 Å². The van der Waals surface area contributed by atoms with Gasteiger partial charge in [0.15, 0.2) is 6.61 Å². The molecule has 2 rings (SSSR count). The average molecular weight is 438 g/mol. The number of aryl methyl sites for hydroxylation is 2. The van der Waals surface area contributed by atoms with Crippen LogP contribution in [0.4, 0.5) is 5.69 Å². The number of ether oxygens (including phenoxy) is 1. The van der Waals surface area contributed by atoms with Crippen molar-refractivity contribution in [1.29, 1.82) is 0 Å². The van der Waals surface area contributed by atoms with Crippen molar-refractivity contribution in [2.45, 2.75) is 26.7 Å². The van der Waals surface area contributed by atoms with Crippen LogP contribution < -0.4 is 20.9 Å². The highest BCUT2D eigenvalue weighted by Gasteiger charge is 2.11. The van der Waals surface area contributed by atoms with Crippen LogP contribution in [0.1, 0.15) is 24.0 Å². The summed E-state index contributed by atoms with van der Waals surface area (Å²) in [5.74, 6) is -1.08. The molecule has 0 saturated carbocycles. The molecule has 0 aliphatic rings. The van der Waals surface area contributed by atoms with Crippen LogP contribution in [0.2, 0.25) is 10.0 Å². The zero-order chi connectivity index (χ0) is 21.4. The molecule has 0 atom stereocenters. The minimum atomic E-state index is -0.579. The summed E-state index contributed by atoms with van der Waals surface area (Å²) in [7, 11) is 0. The number of halogens is 2. The molecule has 0 aliphatic carbocycles. The Morgan fingerprint density at radius 3 is 2.31 bits per heavy atom. The summed E-state index contributed by atoms with van der Waals surface area (Å²) < 4.78 is 5.25. The molecular formula is C20H21Cl2N3O4. The highest BCUT2D eigenvalue weighted by Crippen LogP contribution is 2.27. The number of hydrazine groups is 1. The predicted molar refractivity (Wildman–Crippen MR) is 112 cm³/mol. The van der Waals surface area contributed by atoms with Crippen LogP contribution >= 0.6 is 23.2 Å². The van der Waals surface area contributed by atoms with E-state index in [9.17, 15) is 14.4 Å². The van der Waals surface area contributed by atoms with E-state index in [1.165, 1.54) is 12.1 Å². The third-order valence-corrected chi connectivity index (χ3v) is 4.37. The first kappa shape index (κ1) is 22.5. The lowest BCUT2D eigenvalue weighted by atomic mass is 10.1. The first-order chi connectivity index (χ1) is 13.7. The minimum absolute atomic E-state index is 0.0219. The van der Waals surface area contributed by atoms with Crippen molar-refractivity contribution in [2.24, 2.45) is 0 Å². The second-order valence-electron chi connectivity index (χ2n) is 6.33. The second-order valence-corrected chi connectivity index (χ2v) is 7.17. The number of amides is 3. The summed E-state index contributed by atoms with van der Waals surface area (Å²) in [5.41, 5.74) is 7.10. The van der Waals surface area contributed by atoms with E-state index in [2.05, 4.69) is 16.2 Å². The van der Waals surface area contributed by atoms with Crippen molar-refractivity contribution in [1.82, 2.24) is 10.9 Å². The number of nitrogens with one attached hydrogen (secondary N) is 3. The summed E-state index contributed by atoms with van der Waals surface area (Å²) in [4.78, 5) is 35.6. The van der Waals surface area contributed by atoms with Crippen LogP contribution in [0.25, 0.3) is 0 Å². The highest BCUT2D eigenvalue weighted by molar-refractivity contribution is 6.35. The van der Waals surface area contributed by atoms with Crippen molar-refractivity contribution in [3.8, 4) is 5.75 Å². The Labute approximate surface area is 178 Å². The zero-order valence-corrected chi connectivity index (χ0v) is 17.5. The fourth-order valence-corrected chi connectivity index (χ4v) is 2.75. The normalized spacial score (nSPS) is 10.2. The third-order valence-electron chi connectivity index (χ3n) is 3.84. The van der Waals surface area contributed by atoms with Gasteiger partial charge < -0.3 is 10.1 Å². The largest absolute Gasteiger partial charge is 0.482 e. The fraction of sp³-hybridized carbons (Fsp3) is 0.250. The van der Waals surface area contributed by atoms with Gasteiger partial charge in [-0.2, -0.15) is 0 Å². The van der Waals surface area contributed by atoms with E-state index < -0.39 is 11.8 Å². The fourth-order valence-electron chi connectivity index (χ4n) is 2.28. The first-order valence-electron chi connectivity index (χ1n) is 8.77. The van der Waals surface area contributed by atoms with Crippen LogP contribution in [-0.2, 0) is 14.4 Å². The summed E-state index contributed by atoms with van der Waals surface area (Å²) >= 11 is 11.7. The minimum Gasteiger partial charge on any atom is -0.482 e. The molecule has 0 fully saturated rings. The van der Waals surface area contributed by atoms with Crippen molar-refractivity contribution in [3.05, 3.63) is 57.6 Å². The van der Waals surface area contributed by atoms with E-state index in [0.29, 0.717) is 16.5 Å². The smallest absolute Gasteiger partial charge is 0.276 e. The summed E-state index contributed by atoms with van der Waals surface area (Å²) in [5, 5.41) is 3.48. The molecule has 9 heteroatoms. The number of rotatable bonds is 7. The maximum absolute atomic E-state index is 12.0. The molecule has 0 unspecified atom stereocenters. The maximum Gasteiger partial charge on any atom is 0.276 e. The average Bonchev–Trinajstić information content (AvgIpc) is 2.67. The Morgan fingerprint density at radius 1 is 0.897 bits per heavy atom. The van der Waals surface area contributed by atoms with Crippen LogP contribution in [0.5, 0.6) is 5.75 Å². The van der Waals surface area contributed by atoms with Gasteiger partial charge in [0.05, 0.1) is 5.02 Å². The predicted octanol–water partition coefficient (Wildman–Crippen LogP) is 3.56. The van der Waals surface area contributed by atoms with Gasteiger partial charge >= 0.3 is 0 Å². The molecule has 0 spiro atoms. The Kier molecular flexibility index (Phi) is 8.30. The molecule has 2 aromatic carbocycles. The molecule has 3 N–H and O–H groups in total. The molecule has 0 radical (unpaired) electrons. The van der Waals surface area contributed by atoms with E-state index in [1.807, 2.05) is 32.0 Å². The Morgan fingerprint density at radius 2 is 1.59 bits per heavy atom. The van der Waals surface area contributed by atoms with Crippen molar-refractivity contribution in [2.75, 3.05) is 11.9 Å². The SMILES string of the molecule is Cc1ccc(C)c(NC(=O)CCC(=O)NNC(=O)COc2ccc(Cl)cc2Cl)c1. The lowest BCUT2D eigenvalue weighted by Gasteiger charge is -2.11. The van der Waals surface area contributed by atoms with E-state index in [-0.39, 0.29) is 30.4 Å². The van der Waals surface area contributed by atoms with Gasteiger partial charge in [0.25, 0.3) is 5.91 Å². The quantitative estimate of drug-likeness (QED) is 0.576. The number of carbonyl (C=O) groups excluding carboxylic acids is 3. The van der Waals surface area contributed by atoms with Gasteiger partial charge in [-0.15, -0.1) is 0 Å².